The van der Waals surface area contributed by atoms with Crippen molar-refractivity contribution in [3.05, 3.63) is 66.1 Å². The number of aryl methyl sites for hydroxylation is 1. The van der Waals surface area contributed by atoms with E-state index in [-0.39, 0.29) is 0 Å². The minimum Gasteiger partial charge on any atom is -0.384 e. The van der Waals surface area contributed by atoms with Gasteiger partial charge in [0.1, 0.15) is 6.10 Å². The van der Waals surface area contributed by atoms with E-state index in [1.54, 1.807) is 18.2 Å². The minimum atomic E-state index is -1.39. The maximum absolute atomic E-state index is 12.2. The summed E-state index contributed by atoms with van der Waals surface area (Å²) in [6.45, 7) is 9.01. The number of hydrogen-bond acceptors (Lipinski definition) is 2. The first kappa shape index (κ1) is 13.6. The number of rotatable bonds is 5. The molecule has 0 fully saturated rings. The predicted octanol–water partition coefficient (Wildman–Crippen LogP) is 2.72. The third-order valence-corrected chi connectivity index (χ3v) is 3.75. The van der Waals surface area contributed by atoms with Gasteiger partial charge in [-0.1, -0.05) is 36.4 Å². The Morgan fingerprint density at radius 2 is 1.94 bits per heavy atom. The Bertz CT molecular complexity index is 458. The second-order valence-electron chi connectivity index (χ2n) is 3.57. The van der Waals surface area contributed by atoms with Gasteiger partial charge in [-0.2, -0.15) is 0 Å². The largest absolute Gasteiger partial charge is 0.384 e. The minimum absolute atomic E-state index is 0.388. The van der Waals surface area contributed by atoms with Gasteiger partial charge in [-0.3, -0.25) is 0 Å². The molecule has 1 unspecified atom stereocenters. The lowest BCUT2D eigenvalue weighted by atomic mass is 10.2. The molecule has 1 rings (SSSR count). The molecule has 90 valence electrons. The zero-order valence-electron chi connectivity index (χ0n) is 9.80. The fourth-order valence-corrected chi connectivity index (χ4v) is 2.49. The molecule has 0 saturated heterocycles. The van der Waals surface area contributed by atoms with Crippen LogP contribution in [0.1, 0.15) is 5.56 Å². The van der Waals surface area contributed by atoms with Crippen molar-refractivity contribution in [2.75, 3.05) is 0 Å². The molecule has 0 aliphatic rings. The van der Waals surface area contributed by atoms with E-state index in [1.807, 2.05) is 19.1 Å². The lowest BCUT2D eigenvalue weighted by Gasteiger charge is -2.10. The fraction of sp³-hybridized carbons (Fsp3) is 0.143. The summed E-state index contributed by atoms with van der Waals surface area (Å²) < 4.78 is 12.2. The highest BCUT2D eigenvalue weighted by atomic mass is 32.2. The highest BCUT2D eigenvalue weighted by Crippen LogP contribution is 2.18. The third-order valence-electron chi connectivity index (χ3n) is 2.25. The van der Waals surface area contributed by atoms with E-state index in [2.05, 4.69) is 13.2 Å². The lowest BCUT2D eigenvalue weighted by molar-refractivity contribution is 0.267. The monoisotopic (exact) mass is 248 g/mol. The van der Waals surface area contributed by atoms with Crippen LogP contribution in [0.25, 0.3) is 0 Å². The Morgan fingerprint density at radius 3 is 2.41 bits per heavy atom. The molecule has 2 nitrogen and oxygen atoms in total. The molecule has 0 aromatic heterocycles. The molecule has 0 amide bonds. The van der Waals surface area contributed by atoms with Crippen LogP contribution in [0, 0.1) is 6.92 Å². The topological polar surface area (TPSA) is 37.3 Å². The van der Waals surface area contributed by atoms with Gasteiger partial charge < -0.3 is 5.11 Å². The summed E-state index contributed by atoms with van der Waals surface area (Å²) >= 11 is 0. The van der Waals surface area contributed by atoms with Crippen molar-refractivity contribution < 1.29 is 9.32 Å². The Kier molecular flexibility index (Phi) is 5.07. The van der Waals surface area contributed by atoms with E-state index in [0.29, 0.717) is 9.80 Å². The maximum Gasteiger partial charge on any atom is 0.106 e. The standard InChI is InChI=1S/C14H16O2S/c1-4-6-14(13(15)5-2)17(16)12-9-7-11(3)8-10-12/h4-10,13,15H,1-2H2,3H3/b14-6+/t13-,17?/m1/s1. The Balaban J connectivity index is 3.08. The molecular formula is C14H16O2S. The van der Waals surface area contributed by atoms with Crippen molar-refractivity contribution in [1.29, 1.82) is 0 Å². The Hall–Kier alpha value is -1.45. The zero-order valence-corrected chi connectivity index (χ0v) is 10.6. The van der Waals surface area contributed by atoms with E-state index >= 15 is 0 Å². The summed E-state index contributed by atoms with van der Waals surface area (Å²) in [5.41, 5.74) is 1.10. The number of hydrogen-bond donors (Lipinski definition) is 1. The van der Waals surface area contributed by atoms with Gasteiger partial charge in [-0.25, -0.2) is 4.21 Å². The molecule has 0 heterocycles. The van der Waals surface area contributed by atoms with Gasteiger partial charge >= 0.3 is 0 Å². The Morgan fingerprint density at radius 1 is 1.35 bits per heavy atom. The molecule has 0 aliphatic heterocycles. The smallest absolute Gasteiger partial charge is 0.106 e. The second-order valence-corrected chi connectivity index (χ2v) is 5.05. The normalized spacial score (nSPS) is 15.1. The zero-order chi connectivity index (χ0) is 12.8. The molecule has 0 radical (unpaired) electrons. The lowest BCUT2D eigenvalue weighted by Crippen LogP contribution is -2.11. The van der Waals surface area contributed by atoms with Crippen molar-refractivity contribution in [1.82, 2.24) is 0 Å². The average Bonchev–Trinajstić information content (AvgIpc) is 2.35. The summed E-state index contributed by atoms with van der Waals surface area (Å²) in [4.78, 5) is 1.04. The van der Waals surface area contributed by atoms with E-state index in [9.17, 15) is 9.32 Å². The van der Waals surface area contributed by atoms with Gasteiger partial charge in [0.2, 0.25) is 0 Å². The Labute approximate surface area is 104 Å². The van der Waals surface area contributed by atoms with Crippen LogP contribution in [0.15, 0.2) is 65.5 Å². The van der Waals surface area contributed by atoms with Gasteiger partial charge in [-0.15, -0.1) is 6.58 Å². The van der Waals surface area contributed by atoms with E-state index in [1.165, 1.54) is 12.2 Å². The summed E-state index contributed by atoms with van der Waals surface area (Å²) in [7, 11) is -1.39. The first-order chi connectivity index (χ1) is 8.10. The SMILES string of the molecule is C=C/C=C(\[C@H](O)C=C)S(=O)c1ccc(C)cc1. The first-order valence-corrected chi connectivity index (χ1v) is 6.36. The number of aliphatic hydroxyl groups is 1. The highest BCUT2D eigenvalue weighted by molar-refractivity contribution is 7.89. The van der Waals surface area contributed by atoms with Crippen LogP contribution >= 0.6 is 0 Å². The molecule has 2 atom stereocenters. The average molecular weight is 248 g/mol. The van der Waals surface area contributed by atoms with Crippen molar-refractivity contribution in [2.45, 2.75) is 17.9 Å². The summed E-state index contributed by atoms with van der Waals surface area (Å²) in [5.74, 6) is 0. The molecular weight excluding hydrogens is 232 g/mol. The molecule has 1 N–H and O–H groups in total. The highest BCUT2D eigenvalue weighted by Gasteiger charge is 2.15. The molecule has 0 spiro atoms. The second kappa shape index (κ2) is 6.33. The van der Waals surface area contributed by atoms with E-state index in [4.69, 9.17) is 0 Å². The number of aliphatic hydroxyl groups excluding tert-OH is 1. The number of allylic oxidation sites excluding steroid dienone is 2. The molecule has 3 heteroatoms. The fourth-order valence-electron chi connectivity index (χ4n) is 1.30. The first-order valence-electron chi connectivity index (χ1n) is 5.21. The van der Waals surface area contributed by atoms with Crippen molar-refractivity contribution in [3.63, 3.8) is 0 Å². The molecule has 1 aromatic rings. The van der Waals surface area contributed by atoms with Crippen LogP contribution in [0.4, 0.5) is 0 Å². The van der Waals surface area contributed by atoms with Crippen LogP contribution in [0.2, 0.25) is 0 Å². The van der Waals surface area contributed by atoms with Crippen molar-refractivity contribution in [2.24, 2.45) is 0 Å². The number of benzene rings is 1. The van der Waals surface area contributed by atoms with Crippen LogP contribution in [0.3, 0.4) is 0 Å². The molecule has 17 heavy (non-hydrogen) atoms. The van der Waals surface area contributed by atoms with Gasteiger partial charge in [-0.05, 0) is 25.1 Å². The van der Waals surface area contributed by atoms with Gasteiger partial charge in [0.25, 0.3) is 0 Å². The van der Waals surface area contributed by atoms with Crippen LogP contribution in [0.5, 0.6) is 0 Å². The van der Waals surface area contributed by atoms with Crippen LogP contribution in [-0.4, -0.2) is 15.4 Å². The van der Waals surface area contributed by atoms with Crippen molar-refractivity contribution >= 4 is 10.8 Å². The van der Waals surface area contributed by atoms with Gasteiger partial charge in [0.15, 0.2) is 0 Å². The van der Waals surface area contributed by atoms with E-state index in [0.717, 1.165) is 5.56 Å². The van der Waals surface area contributed by atoms with E-state index < -0.39 is 16.9 Å². The van der Waals surface area contributed by atoms with Crippen LogP contribution in [-0.2, 0) is 10.8 Å². The maximum atomic E-state index is 12.2. The summed E-state index contributed by atoms with van der Waals surface area (Å²) in [5, 5.41) is 9.71. The molecule has 0 bridgehead atoms. The summed E-state index contributed by atoms with van der Waals surface area (Å²) in [6.07, 6.45) is 3.49. The van der Waals surface area contributed by atoms with Crippen LogP contribution < -0.4 is 0 Å². The van der Waals surface area contributed by atoms with Crippen molar-refractivity contribution in [3.8, 4) is 0 Å². The molecule has 0 saturated carbocycles. The predicted molar refractivity (Wildman–Crippen MR) is 72.1 cm³/mol. The molecule has 1 aromatic carbocycles. The molecule has 0 aliphatic carbocycles. The summed E-state index contributed by atoms with van der Waals surface area (Å²) in [6, 6.07) is 7.36. The third kappa shape index (κ3) is 3.51. The van der Waals surface area contributed by atoms with Gasteiger partial charge in [0.05, 0.1) is 15.7 Å². The van der Waals surface area contributed by atoms with Gasteiger partial charge in [0, 0.05) is 4.90 Å². The quantitative estimate of drug-likeness (QED) is 0.642.